The Labute approximate surface area is 179 Å². The van der Waals surface area contributed by atoms with Gasteiger partial charge in [0, 0.05) is 5.56 Å². The molecular weight excluding hydrogens is 408 g/mol. The highest BCUT2D eigenvalue weighted by atomic mass is 35.5. The summed E-state index contributed by atoms with van der Waals surface area (Å²) in [4.78, 5) is 27.5. The Kier molecular flexibility index (Phi) is 6.42. The number of primary amides is 1. The third kappa shape index (κ3) is 4.80. The van der Waals surface area contributed by atoms with Gasteiger partial charge in [0.05, 0.1) is 12.1 Å². The summed E-state index contributed by atoms with van der Waals surface area (Å²) in [5.74, 6) is -0.101. The number of ether oxygens (including phenoxy) is 3. The van der Waals surface area contributed by atoms with Gasteiger partial charge in [-0.1, -0.05) is 37.6 Å². The van der Waals surface area contributed by atoms with Gasteiger partial charge in [-0.2, -0.15) is 0 Å². The third-order valence-corrected chi connectivity index (χ3v) is 4.64. The van der Waals surface area contributed by atoms with Crippen molar-refractivity contribution in [2.75, 3.05) is 13.7 Å². The summed E-state index contributed by atoms with van der Waals surface area (Å²) in [5, 5.41) is 0.197. The number of halogens is 1. The molecule has 7 nitrogen and oxygen atoms in total. The van der Waals surface area contributed by atoms with E-state index in [9.17, 15) is 9.59 Å². The van der Waals surface area contributed by atoms with Gasteiger partial charge >= 0.3 is 5.97 Å². The topological polar surface area (TPSA) is 100 Å². The zero-order valence-electron chi connectivity index (χ0n) is 16.8. The fourth-order valence-electron chi connectivity index (χ4n) is 2.81. The Morgan fingerprint density at radius 1 is 1.27 bits per heavy atom. The van der Waals surface area contributed by atoms with Crippen molar-refractivity contribution >= 4 is 35.5 Å². The van der Waals surface area contributed by atoms with Gasteiger partial charge < -0.3 is 19.9 Å². The third-order valence-electron chi connectivity index (χ3n) is 4.36. The van der Waals surface area contributed by atoms with E-state index in [2.05, 4.69) is 18.8 Å². The van der Waals surface area contributed by atoms with Crippen molar-refractivity contribution in [2.45, 2.75) is 19.8 Å². The molecule has 1 heterocycles. The molecule has 1 amide bonds. The van der Waals surface area contributed by atoms with E-state index in [1.165, 1.54) is 18.7 Å². The summed E-state index contributed by atoms with van der Waals surface area (Å²) >= 11 is 6.25. The van der Waals surface area contributed by atoms with Gasteiger partial charge in [0.15, 0.2) is 23.8 Å². The van der Waals surface area contributed by atoms with Crippen molar-refractivity contribution in [3.05, 3.63) is 63.8 Å². The van der Waals surface area contributed by atoms with Crippen LogP contribution in [-0.4, -0.2) is 31.5 Å². The lowest BCUT2D eigenvalue weighted by Crippen LogP contribution is -2.20. The number of hydrogen-bond acceptors (Lipinski definition) is 6. The highest BCUT2D eigenvalue weighted by molar-refractivity contribution is 6.32. The molecule has 0 atom stereocenters. The number of aliphatic imine (C=N–C) groups is 1. The van der Waals surface area contributed by atoms with Crippen LogP contribution in [0.5, 0.6) is 11.5 Å². The lowest BCUT2D eigenvalue weighted by Gasteiger charge is -2.12. The Morgan fingerprint density at radius 3 is 2.57 bits per heavy atom. The van der Waals surface area contributed by atoms with Crippen LogP contribution >= 0.6 is 11.6 Å². The van der Waals surface area contributed by atoms with Crippen LogP contribution in [0.3, 0.4) is 0 Å². The van der Waals surface area contributed by atoms with Crippen molar-refractivity contribution in [1.29, 1.82) is 0 Å². The van der Waals surface area contributed by atoms with Gasteiger partial charge in [-0.3, -0.25) is 4.79 Å². The van der Waals surface area contributed by atoms with Gasteiger partial charge in [0.25, 0.3) is 5.91 Å². The summed E-state index contributed by atoms with van der Waals surface area (Å²) in [6, 6.07) is 10.9. The lowest BCUT2D eigenvalue weighted by molar-refractivity contribution is -0.130. The standard InChI is InChI=1S/C22H21ClN2O5/c1-12(2)14-4-6-15(7-5-14)21-25-17(22(27)30-21)9-13-8-16(23)20(18(10-13)28-3)29-11-19(24)26/h4-10,12H,11H2,1-3H3,(H2,24,26). The van der Waals surface area contributed by atoms with E-state index in [1.807, 2.05) is 24.3 Å². The summed E-state index contributed by atoms with van der Waals surface area (Å²) < 4.78 is 15.9. The molecule has 8 heteroatoms. The SMILES string of the molecule is COc1cc(C=C2N=C(c3ccc(C(C)C)cc3)OC2=O)cc(Cl)c1OCC(N)=O. The number of cyclic esters (lactones) is 1. The molecule has 0 saturated carbocycles. The lowest BCUT2D eigenvalue weighted by atomic mass is 10.0. The van der Waals surface area contributed by atoms with E-state index in [0.29, 0.717) is 17.0 Å². The average Bonchev–Trinajstić information content (AvgIpc) is 3.07. The molecule has 0 aliphatic carbocycles. The molecule has 2 N–H and O–H groups in total. The zero-order chi connectivity index (χ0) is 21.8. The maximum absolute atomic E-state index is 12.3. The zero-order valence-corrected chi connectivity index (χ0v) is 17.5. The Hall–Kier alpha value is -3.32. The monoisotopic (exact) mass is 428 g/mol. The largest absolute Gasteiger partial charge is 0.493 e. The first-order chi connectivity index (χ1) is 14.3. The first-order valence-electron chi connectivity index (χ1n) is 9.20. The average molecular weight is 429 g/mol. The molecular formula is C22H21ClN2O5. The molecule has 156 valence electrons. The second kappa shape index (κ2) is 9.00. The van der Waals surface area contributed by atoms with Crippen LogP contribution in [0.2, 0.25) is 5.02 Å². The van der Waals surface area contributed by atoms with E-state index in [1.54, 1.807) is 12.1 Å². The number of amides is 1. The number of esters is 1. The van der Waals surface area contributed by atoms with Crippen molar-refractivity contribution < 1.29 is 23.8 Å². The molecule has 1 aliphatic heterocycles. The molecule has 0 spiro atoms. The normalized spacial score (nSPS) is 14.6. The predicted octanol–water partition coefficient (Wildman–Crippen LogP) is 3.68. The number of rotatable bonds is 7. The number of benzene rings is 2. The van der Waals surface area contributed by atoms with Crippen LogP contribution in [0.4, 0.5) is 0 Å². The van der Waals surface area contributed by atoms with Crippen LogP contribution in [0, 0.1) is 0 Å². The molecule has 1 aliphatic rings. The predicted molar refractivity (Wildman–Crippen MR) is 114 cm³/mol. The van der Waals surface area contributed by atoms with E-state index < -0.39 is 11.9 Å². The summed E-state index contributed by atoms with van der Waals surface area (Å²) in [6.45, 7) is 3.87. The van der Waals surface area contributed by atoms with E-state index >= 15 is 0 Å². The quantitative estimate of drug-likeness (QED) is 0.535. The molecule has 2 aromatic carbocycles. The maximum Gasteiger partial charge on any atom is 0.363 e. The van der Waals surface area contributed by atoms with Crippen molar-refractivity contribution in [3.8, 4) is 11.5 Å². The first kappa shape index (κ1) is 21.4. The number of carbonyl (C=O) groups excluding carboxylic acids is 2. The van der Waals surface area contributed by atoms with Crippen molar-refractivity contribution in [1.82, 2.24) is 0 Å². The highest BCUT2D eigenvalue weighted by Gasteiger charge is 2.24. The fraction of sp³-hybridized carbons (Fsp3) is 0.227. The van der Waals surface area contributed by atoms with Crippen LogP contribution in [0.1, 0.15) is 36.5 Å². The Balaban J connectivity index is 1.89. The number of hydrogen-bond donors (Lipinski definition) is 1. The van der Waals surface area contributed by atoms with Crippen molar-refractivity contribution in [3.63, 3.8) is 0 Å². The minimum atomic E-state index is -0.642. The van der Waals surface area contributed by atoms with Crippen LogP contribution in [0.25, 0.3) is 6.08 Å². The molecule has 0 aromatic heterocycles. The molecule has 0 radical (unpaired) electrons. The van der Waals surface area contributed by atoms with Crippen LogP contribution in [0.15, 0.2) is 47.1 Å². The number of nitrogens with zero attached hydrogens (tertiary/aromatic N) is 1. The maximum atomic E-state index is 12.3. The molecule has 0 saturated heterocycles. The first-order valence-corrected chi connectivity index (χ1v) is 9.57. The van der Waals surface area contributed by atoms with E-state index in [-0.39, 0.29) is 34.7 Å². The minimum Gasteiger partial charge on any atom is -0.493 e. The molecule has 0 fully saturated rings. The van der Waals surface area contributed by atoms with Crippen LogP contribution < -0.4 is 15.2 Å². The fourth-order valence-corrected chi connectivity index (χ4v) is 3.08. The molecule has 0 unspecified atom stereocenters. The molecule has 30 heavy (non-hydrogen) atoms. The van der Waals surface area contributed by atoms with E-state index in [4.69, 9.17) is 31.5 Å². The van der Waals surface area contributed by atoms with Gasteiger partial charge in [0.2, 0.25) is 5.90 Å². The number of nitrogens with two attached hydrogens (primary N) is 1. The van der Waals surface area contributed by atoms with Crippen molar-refractivity contribution in [2.24, 2.45) is 10.7 Å². The Morgan fingerprint density at radius 2 is 1.97 bits per heavy atom. The van der Waals surface area contributed by atoms with Crippen LogP contribution in [-0.2, 0) is 14.3 Å². The summed E-state index contributed by atoms with van der Waals surface area (Å²) in [5.41, 5.74) is 7.66. The van der Waals surface area contributed by atoms with Gasteiger partial charge in [-0.15, -0.1) is 0 Å². The smallest absolute Gasteiger partial charge is 0.363 e. The molecule has 0 bridgehead atoms. The number of methoxy groups -OCH3 is 1. The van der Waals surface area contributed by atoms with Gasteiger partial charge in [-0.05, 0) is 47.4 Å². The minimum absolute atomic E-state index is 0.127. The molecule has 3 rings (SSSR count). The number of carbonyl (C=O) groups is 2. The second-order valence-electron chi connectivity index (χ2n) is 6.90. The highest BCUT2D eigenvalue weighted by Crippen LogP contribution is 2.37. The Bertz CT molecular complexity index is 1040. The van der Waals surface area contributed by atoms with E-state index in [0.717, 1.165) is 0 Å². The van der Waals surface area contributed by atoms with Gasteiger partial charge in [0.1, 0.15) is 0 Å². The second-order valence-corrected chi connectivity index (χ2v) is 7.31. The molecule has 2 aromatic rings. The summed E-state index contributed by atoms with van der Waals surface area (Å²) in [7, 11) is 1.43. The van der Waals surface area contributed by atoms with Gasteiger partial charge in [-0.25, -0.2) is 9.79 Å². The summed E-state index contributed by atoms with van der Waals surface area (Å²) in [6.07, 6.45) is 1.53.